The first-order chi connectivity index (χ1) is 8.25. The third kappa shape index (κ3) is 1.98. The van der Waals surface area contributed by atoms with Gasteiger partial charge in [-0.1, -0.05) is 42.0 Å². The molecule has 0 fully saturated rings. The summed E-state index contributed by atoms with van der Waals surface area (Å²) in [5, 5.41) is -0.0175. The molecule has 0 nitrogen and oxygen atoms in total. The third-order valence-corrected chi connectivity index (χ3v) is 4.76. The quantitative estimate of drug-likeness (QED) is 0.606. The van der Waals surface area contributed by atoms with Gasteiger partial charge in [-0.25, -0.2) is 0 Å². The van der Waals surface area contributed by atoms with Crippen LogP contribution in [0.1, 0.15) is 27.6 Å². The van der Waals surface area contributed by atoms with Gasteiger partial charge >= 0.3 is 0 Å². The Morgan fingerprint density at radius 3 is 2.82 bits per heavy atom. The summed E-state index contributed by atoms with van der Waals surface area (Å²) in [5.41, 5.74) is 5.13. The molecule has 0 N–H and O–H groups in total. The van der Waals surface area contributed by atoms with Crippen LogP contribution in [0.2, 0.25) is 0 Å². The number of benzene rings is 2. The zero-order valence-corrected chi connectivity index (χ0v) is 11.2. The highest BCUT2D eigenvalue weighted by molar-refractivity contribution is 7.98. The van der Waals surface area contributed by atoms with Crippen molar-refractivity contribution in [1.29, 1.82) is 0 Å². The Bertz CT molecular complexity index is 563. The molecule has 17 heavy (non-hydrogen) atoms. The Hall–Kier alpha value is -0.920. The van der Waals surface area contributed by atoms with Crippen LogP contribution in [0.25, 0.3) is 0 Å². The van der Waals surface area contributed by atoms with Crippen LogP contribution in [0, 0.1) is 6.92 Å². The first kappa shape index (κ1) is 11.2. The number of aryl methyl sites for hydroxylation is 1. The number of halogens is 1. The summed E-state index contributed by atoms with van der Waals surface area (Å²) in [7, 11) is 0. The highest BCUT2D eigenvalue weighted by Crippen LogP contribution is 2.42. The Balaban J connectivity index is 2.18. The maximum atomic E-state index is 6.64. The van der Waals surface area contributed by atoms with Crippen molar-refractivity contribution < 1.29 is 0 Å². The standard InChI is InChI=1S/C15H13ClS/c1-10-6-7-14-13(8-10)15(16)12-5-3-2-4-11(12)9-17-14/h2-8,15H,9H2,1H3/t15-/m0/s1. The molecule has 0 saturated carbocycles. The van der Waals surface area contributed by atoms with Gasteiger partial charge in [-0.05, 0) is 29.7 Å². The minimum Gasteiger partial charge on any atom is -0.121 e. The second-order valence-corrected chi connectivity index (χ2v) is 5.84. The molecule has 0 aliphatic carbocycles. The third-order valence-electron chi connectivity index (χ3n) is 3.15. The van der Waals surface area contributed by atoms with Gasteiger partial charge in [-0.3, -0.25) is 0 Å². The normalized spacial score (nSPS) is 18.1. The molecule has 1 aliphatic rings. The van der Waals surface area contributed by atoms with Crippen LogP contribution in [0.3, 0.4) is 0 Å². The molecule has 2 aromatic carbocycles. The molecule has 0 amide bonds. The molecule has 2 heteroatoms. The second kappa shape index (κ2) is 4.40. The number of rotatable bonds is 0. The lowest BCUT2D eigenvalue weighted by Gasteiger charge is -2.13. The predicted octanol–water partition coefficient (Wildman–Crippen LogP) is 4.93. The largest absolute Gasteiger partial charge is 0.121 e. The smallest absolute Gasteiger partial charge is 0.0849 e. The molecule has 86 valence electrons. The van der Waals surface area contributed by atoms with Crippen LogP contribution in [-0.2, 0) is 5.75 Å². The number of alkyl halides is 1. The first-order valence-corrected chi connectivity index (χ1v) is 7.13. The molecular formula is C15H13ClS. The fraction of sp³-hybridized carbons (Fsp3) is 0.200. The Morgan fingerprint density at radius 1 is 1.12 bits per heavy atom. The zero-order valence-electron chi connectivity index (χ0n) is 9.61. The van der Waals surface area contributed by atoms with E-state index in [1.54, 1.807) is 0 Å². The van der Waals surface area contributed by atoms with Gasteiger partial charge in [-0.15, -0.1) is 23.4 Å². The van der Waals surface area contributed by atoms with E-state index in [4.69, 9.17) is 11.6 Å². The summed E-state index contributed by atoms with van der Waals surface area (Å²) in [6.45, 7) is 2.12. The second-order valence-electron chi connectivity index (χ2n) is 4.39. The molecular weight excluding hydrogens is 248 g/mol. The summed E-state index contributed by atoms with van der Waals surface area (Å²) in [6.07, 6.45) is 0. The molecule has 0 radical (unpaired) electrons. The lowest BCUT2D eigenvalue weighted by molar-refractivity contribution is 1.07. The van der Waals surface area contributed by atoms with Gasteiger partial charge in [0, 0.05) is 10.6 Å². The van der Waals surface area contributed by atoms with Crippen LogP contribution in [0.5, 0.6) is 0 Å². The van der Waals surface area contributed by atoms with E-state index in [1.165, 1.54) is 27.1 Å². The SMILES string of the molecule is Cc1ccc2c(c1)[C@@H](Cl)c1ccccc1CS2. The molecule has 1 atom stereocenters. The van der Waals surface area contributed by atoms with Crippen molar-refractivity contribution in [3.63, 3.8) is 0 Å². The minimum absolute atomic E-state index is 0.0175. The average Bonchev–Trinajstić information content (AvgIpc) is 2.49. The Labute approximate surface area is 111 Å². The summed E-state index contributed by atoms with van der Waals surface area (Å²) in [5.74, 6) is 1.01. The number of hydrogen-bond acceptors (Lipinski definition) is 1. The lowest BCUT2D eigenvalue weighted by atomic mass is 9.99. The van der Waals surface area contributed by atoms with Gasteiger partial charge in [0.25, 0.3) is 0 Å². The van der Waals surface area contributed by atoms with Gasteiger partial charge in [-0.2, -0.15) is 0 Å². The van der Waals surface area contributed by atoms with E-state index in [1.807, 2.05) is 11.8 Å². The zero-order chi connectivity index (χ0) is 11.8. The summed E-state index contributed by atoms with van der Waals surface area (Å²) in [4.78, 5) is 1.31. The van der Waals surface area contributed by atoms with Crippen molar-refractivity contribution in [1.82, 2.24) is 0 Å². The molecule has 1 heterocycles. The van der Waals surface area contributed by atoms with Crippen molar-refractivity contribution in [2.45, 2.75) is 22.9 Å². The summed E-state index contributed by atoms with van der Waals surface area (Å²) >= 11 is 8.52. The van der Waals surface area contributed by atoms with Gasteiger partial charge < -0.3 is 0 Å². The van der Waals surface area contributed by atoms with Gasteiger partial charge in [0.2, 0.25) is 0 Å². The number of fused-ring (bicyclic) bond motifs is 2. The molecule has 2 aromatic rings. The van der Waals surface area contributed by atoms with Crippen molar-refractivity contribution in [3.8, 4) is 0 Å². The lowest BCUT2D eigenvalue weighted by Crippen LogP contribution is -1.96. The van der Waals surface area contributed by atoms with Gasteiger partial charge in [0.05, 0.1) is 5.38 Å². The molecule has 3 rings (SSSR count). The average molecular weight is 261 g/mol. The van der Waals surface area contributed by atoms with Gasteiger partial charge in [0.1, 0.15) is 0 Å². The van der Waals surface area contributed by atoms with Crippen LogP contribution in [-0.4, -0.2) is 0 Å². The minimum atomic E-state index is -0.0175. The monoisotopic (exact) mass is 260 g/mol. The fourth-order valence-electron chi connectivity index (χ4n) is 2.23. The van der Waals surface area contributed by atoms with E-state index in [2.05, 4.69) is 49.4 Å². The highest BCUT2D eigenvalue weighted by Gasteiger charge is 2.21. The molecule has 0 bridgehead atoms. The maximum Gasteiger partial charge on any atom is 0.0849 e. The number of thioether (sulfide) groups is 1. The fourth-order valence-corrected chi connectivity index (χ4v) is 3.77. The Morgan fingerprint density at radius 2 is 1.94 bits per heavy atom. The molecule has 0 aromatic heterocycles. The number of hydrogen-bond donors (Lipinski definition) is 0. The molecule has 0 spiro atoms. The summed E-state index contributed by atoms with van der Waals surface area (Å²) in [6, 6.07) is 15.0. The first-order valence-electron chi connectivity index (χ1n) is 5.71. The van der Waals surface area contributed by atoms with E-state index in [-0.39, 0.29) is 5.38 Å². The predicted molar refractivity (Wildman–Crippen MR) is 74.9 cm³/mol. The van der Waals surface area contributed by atoms with E-state index in [0.29, 0.717) is 0 Å². The van der Waals surface area contributed by atoms with E-state index < -0.39 is 0 Å². The van der Waals surface area contributed by atoms with E-state index >= 15 is 0 Å². The van der Waals surface area contributed by atoms with Crippen molar-refractivity contribution in [2.24, 2.45) is 0 Å². The van der Waals surface area contributed by atoms with E-state index in [9.17, 15) is 0 Å². The van der Waals surface area contributed by atoms with Crippen molar-refractivity contribution in [2.75, 3.05) is 0 Å². The van der Waals surface area contributed by atoms with E-state index in [0.717, 1.165) is 5.75 Å². The topological polar surface area (TPSA) is 0 Å². The van der Waals surface area contributed by atoms with Crippen LogP contribution in [0.4, 0.5) is 0 Å². The van der Waals surface area contributed by atoms with Crippen LogP contribution < -0.4 is 0 Å². The van der Waals surface area contributed by atoms with Gasteiger partial charge in [0.15, 0.2) is 0 Å². The van der Waals surface area contributed by atoms with Crippen molar-refractivity contribution in [3.05, 3.63) is 64.7 Å². The van der Waals surface area contributed by atoms with Crippen molar-refractivity contribution >= 4 is 23.4 Å². The Kier molecular flexibility index (Phi) is 2.89. The van der Waals surface area contributed by atoms with Crippen LogP contribution >= 0.6 is 23.4 Å². The van der Waals surface area contributed by atoms with Crippen LogP contribution in [0.15, 0.2) is 47.4 Å². The molecule has 1 aliphatic heterocycles. The maximum absolute atomic E-state index is 6.64. The highest BCUT2D eigenvalue weighted by atomic mass is 35.5. The molecule has 0 saturated heterocycles. The molecule has 0 unspecified atom stereocenters. The summed E-state index contributed by atoms with van der Waals surface area (Å²) < 4.78 is 0.